The summed E-state index contributed by atoms with van der Waals surface area (Å²) in [5.74, 6) is -2.89. The van der Waals surface area contributed by atoms with Crippen molar-refractivity contribution in [2.75, 3.05) is 10.6 Å². The van der Waals surface area contributed by atoms with Gasteiger partial charge in [-0.05, 0) is 36.4 Å². The number of rotatable bonds is 4. The Kier molecular flexibility index (Phi) is 5.20. The minimum atomic E-state index is -1.30. The smallest absolute Gasteiger partial charge is 0.339 e. The highest BCUT2D eigenvalue weighted by atomic mass is 35.5. The predicted octanol–water partition coefficient (Wildman–Crippen LogP) is 5.53. The minimum Gasteiger partial charge on any atom is -0.478 e. The molecule has 0 radical (unpaired) electrons. The molecule has 1 aliphatic heterocycles. The number of carbonyl (C=O) groups excluding carboxylic acids is 1. The van der Waals surface area contributed by atoms with Crippen molar-refractivity contribution in [2.45, 2.75) is 10.3 Å². The first-order chi connectivity index (χ1) is 13.8. The minimum absolute atomic E-state index is 0.0693. The van der Waals surface area contributed by atoms with Crippen LogP contribution < -0.4 is 10.6 Å². The summed E-state index contributed by atoms with van der Waals surface area (Å²) in [6.45, 7) is 0. The van der Waals surface area contributed by atoms with Crippen LogP contribution in [0.3, 0.4) is 0 Å². The van der Waals surface area contributed by atoms with Crippen molar-refractivity contribution >= 4 is 57.3 Å². The molecule has 3 aromatic rings. The number of benzene rings is 2. The first kappa shape index (κ1) is 19.7. The van der Waals surface area contributed by atoms with Gasteiger partial charge < -0.3 is 15.7 Å². The molecule has 1 unspecified atom stereocenters. The van der Waals surface area contributed by atoms with E-state index in [9.17, 15) is 23.5 Å². The lowest BCUT2D eigenvalue weighted by atomic mass is 10.0. The molecule has 0 aliphatic carbocycles. The van der Waals surface area contributed by atoms with Crippen molar-refractivity contribution in [1.82, 2.24) is 0 Å². The molecule has 0 spiro atoms. The van der Waals surface area contributed by atoms with E-state index in [4.69, 9.17) is 11.6 Å². The van der Waals surface area contributed by atoms with Gasteiger partial charge in [0, 0.05) is 32.1 Å². The molecule has 29 heavy (non-hydrogen) atoms. The number of thioether (sulfide) groups is 1. The van der Waals surface area contributed by atoms with Crippen LogP contribution >= 0.6 is 34.7 Å². The van der Waals surface area contributed by atoms with Gasteiger partial charge in [-0.25, -0.2) is 13.6 Å². The third kappa shape index (κ3) is 3.81. The fourth-order valence-electron chi connectivity index (χ4n) is 2.88. The molecule has 0 saturated heterocycles. The summed E-state index contributed by atoms with van der Waals surface area (Å²) in [5, 5.41) is 16.1. The zero-order chi connectivity index (χ0) is 20.7. The van der Waals surface area contributed by atoms with Gasteiger partial charge in [-0.15, -0.1) is 11.3 Å². The van der Waals surface area contributed by atoms with Gasteiger partial charge in [0.05, 0.1) is 0 Å². The van der Waals surface area contributed by atoms with E-state index in [1.165, 1.54) is 35.7 Å². The number of hydrogen-bond acceptors (Lipinski definition) is 5. The Bertz CT molecular complexity index is 1150. The van der Waals surface area contributed by atoms with E-state index in [0.717, 1.165) is 29.2 Å². The molecular formula is C19H11ClF2N2O3S2. The maximum atomic E-state index is 14.3. The zero-order valence-corrected chi connectivity index (χ0v) is 16.7. The summed E-state index contributed by atoms with van der Waals surface area (Å²) >= 11 is 7.85. The van der Waals surface area contributed by atoms with Crippen LogP contribution in [0.15, 0.2) is 46.7 Å². The second-order valence-electron chi connectivity index (χ2n) is 6.05. The predicted molar refractivity (Wildman–Crippen MR) is 110 cm³/mol. The average Bonchev–Trinajstić information content (AvgIpc) is 3.25. The number of anilines is 2. The molecule has 4 rings (SSSR count). The van der Waals surface area contributed by atoms with Crippen molar-refractivity contribution in [3.05, 3.63) is 64.0 Å². The molecule has 10 heteroatoms. The summed E-state index contributed by atoms with van der Waals surface area (Å²) in [7, 11) is 0. The summed E-state index contributed by atoms with van der Waals surface area (Å²) in [4.78, 5) is 25.0. The number of thiophene rings is 1. The Labute approximate surface area is 176 Å². The second kappa shape index (κ2) is 7.66. The highest BCUT2D eigenvalue weighted by Crippen LogP contribution is 2.41. The molecule has 148 valence electrons. The third-order valence-corrected chi connectivity index (χ3v) is 6.47. The molecule has 3 N–H and O–H groups in total. The molecule has 1 aliphatic rings. The Morgan fingerprint density at radius 1 is 1.14 bits per heavy atom. The van der Waals surface area contributed by atoms with Crippen LogP contribution in [0, 0.1) is 11.6 Å². The quantitative estimate of drug-likeness (QED) is 0.485. The molecule has 5 nitrogen and oxygen atoms in total. The number of carbonyl (C=O) groups is 2. The number of carboxylic acids is 1. The summed E-state index contributed by atoms with van der Waals surface area (Å²) in [6.07, 6.45) is 0. The van der Waals surface area contributed by atoms with Gasteiger partial charge in [0.25, 0.3) is 5.91 Å². The van der Waals surface area contributed by atoms with Crippen LogP contribution in [0.1, 0.15) is 10.4 Å². The normalized spacial score (nSPS) is 14.9. The van der Waals surface area contributed by atoms with E-state index < -0.39 is 28.9 Å². The molecule has 1 atom stereocenters. The van der Waals surface area contributed by atoms with Crippen molar-refractivity contribution in [3.8, 4) is 11.1 Å². The summed E-state index contributed by atoms with van der Waals surface area (Å²) in [5.41, 5.74) is 0.616. The Balaban J connectivity index is 1.60. The largest absolute Gasteiger partial charge is 0.478 e. The van der Waals surface area contributed by atoms with Crippen molar-refractivity contribution in [1.29, 1.82) is 0 Å². The fourth-order valence-corrected chi connectivity index (χ4v) is 5.03. The molecule has 0 bridgehead atoms. The topological polar surface area (TPSA) is 78.4 Å². The molecule has 0 saturated carbocycles. The molecule has 0 fully saturated rings. The van der Waals surface area contributed by atoms with Crippen LogP contribution in [0.2, 0.25) is 5.02 Å². The average molecular weight is 453 g/mol. The monoisotopic (exact) mass is 452 g/mol. The van der Waals surface area contributed by atoms with E-state index >= 15 is 0 Å². The van der Waals surface area contributed by atoms with E-state index in [-0.39, 0.29) is 26.7 Å². The van der Waals surface area contributed by atoms with Crippen molar-refractivity contribution < 1.29 is 23.5 Å². The molecule has 1 amide bonds. The number of carboxylic acid groups (broad SMARTS) is 1. The molecule has 2 heterocycles. The number of nitrogens with one attached hydrogen (secondary N) is 2. The van der Waals surface area contributed by atoms with Gasteiger partial charge in [0.2, 0.25) is 0 Å². The Hall–Kier alpha value is -2.62. The van der Waals surface area contributed by atoms with Gasteiger partial charge in [-0.1, -0.05) is 23.4 Å². The first-order valence-corrected chi connectivity index (χ1v) is 10.3. The Morgan fingerprint density at radius 3 is 2.66 bits per heavy atom. The highest BCUT2D eigenvalue weighted by Gasteiger charge is 2.30. The van der Waals surface area contributed by atoms with Crippen LogP contribution in [0.4, 0.5) is 19.5 Å². The van der Waals surface area contributed by atoms with E-state index in [1.807, 2.05) is 0 Å². The first-order valence-electron chi connectivity index (χ1n) is 8.17. The van der Waals surface area contributed by atoms with Gasteiger partial charge in [-0.3, -0.25) is 4.79 Å². The second-order valence-corrected chi connectivity index (χ2v) is 8.52. The van der Waals surface area contributed by atoms with Crippen molar-refractivity contribution in [3.63, 3.8) is 0 Å². The number of fused-ring (bicyclic) bond motifs is 1. The number of hydrogen-bond donors (Lipinski definition) is 3. The number of amides is 1. The van der Waals surface area contributed by atoms with E-state index in [1.54, 1.807) is 0 Å². The SMILES string of the molecule is O=C(O)c1c(-c2ccc(Cl)cc2F)csc1NC(=O)C1Nc2ccc(F)cc2S1. The van der Waals surface area contributed by atoms with Gasteiger partial charge in [0.15, 0.2) is 5.37 Å². The van der Waals surface area contributed by atoms with Crippen LogP contribution in [0.25, 0.3) is 11.1 Å². The fraction of sp³-hybridized carbons (Fsp3) is 0.0526. The standard InChI is InChI=1S/C19H11ClF2N2O3S2/c20-8-1-3-10(12(22)5-8)11-7-28-17(15(11)19(26)27)24-16(25)18-23-13-4-2-9(21)6-14(13)29-18/h1-7,18,23H,(H,24,25)(H,26,27). The lowest BCUT2D eigenvalue weighted by Crippen LogP contribution is -2.29. The Morgan fingerprint density at radius 2 is 1.93 bits per heavy atom. The van der Waals surface area contributed by atoms with E-state index in [0.29, 0.717) is 10.6 Å². The van der Waals surface area contributed by atoms with Crippen LogP contribution in [0.5, 0.6) is 0 Å². The maximum Gasteiger partial charge on any atom is 0.339 e. The highest BCUT2D eigenvalue weighted by molar-refractivity contribution is 8.01. The zero-order valence-electron chi connectivity index (χ0n) is 14.3. The van der Waals surface area contributed by atoms with Gasteiger partial charge in [-0.2, -0.15) is 0 Å². The lowest BCUT2D eigenvalue weighted by molar-refractivity contribution is -0.115. The van der Waals surface area contributed by atoms with Crippen molar-refractivity contribution in [2.24, 2.45) is 0 Å². The van der Waals surface area contributed by atoms with Crippen LogP contribution in [-0.4, -0.2) is 22.4 Å². The lowest BCUT2D eigenvalue weighted by Gasteiger charge is -2.11. The molecule has 2 aromatic carbocycles. The van der Waals surface area contributed by atoms with Gasteiger partial charge >= 0.3 is 5.97 Å². The number of aromatic carboxylic acids is 1. The van der Waals surface area contributed by atoms with Crippen LogP contribution in [-0.2, 0) is 4.79 Å². The molecule has 1 aromatic heterocycles. The maximum absolute atomic E-state index is 14.3. The summed E-state index contributed by atoms with van der Waals surface area (Å²) in [6, 6.07) is 8.05. The summed E-state index contributed by atoms with van der Waals surface area (Å²) < 4.78 is 27.6. The number of halogens is 3. The molecular weight excluding hydrogens is 442 g/mol. The van der Waals surface area contributed by atoms with Gasteiger partial charge in [0.1, 0.15) is 22.2 Å². The third-order valence-electron chi connectivity index (χ3n) is 4.18. The van der Waals surface area contributed by atoms with E-state index in [2.05, 4.69) is 10.6 Å².